The van der Waals surface area contributed by atoms with Gasteiger partial charge in [0, 0.05) is 0 Å². The SMILES string of the molecule is Nc1ccc(O)c(C(=O)CBr)c1N. The van der Waals surface area contributed by atoms with Crippen LogP contribution in [0.1, 0.15) is 10.4 Å². The molecule has 0 heterocycles. The summed E-state index contributed by atoms with van der Waals surface area (Å²) in [5, 5.41) is 9.45. The van der Waals surface area contributed by atoms with Gasteiger partial charge in [0.1, 0.15) is 5.75 Å². The van der Waals surface area contributed by atoms with Crippen molar-refractivity contribution in [3.63, 3.8) is 0 Å². The zero-order valence-corrected chi connectivity index (χ0v) is 8.34. The first-order valence-corrected chi connectivity index (χ1v) is 4.66. The van der Waals surface area contributed by atoms with Gasteiger partial charge in [0.15, 0.2) is 5.78 Å². The predicted molar refractivity (Wildman–Crippen MR) is 55.1 cm³/mol. The van der Waals surface area contributed by atoms with Gasteiger partial charge in [-0.1, -0.05) is 15.9 Å². The van der Waals surface area contributed by atoms with E-state index in [0.29, 0.717) is 5.69 Å². The molecule has 5 N–H and O–H groups in total. The second-order valence-electron chi connectivity index (χ2n) is 2.52. The van der Waals surface area contributed by atoms with Crippen molar-refractivity contribution in [3.8, 4) is 5.75 Å². The first-order valence-electron chi connectivity index (χ1n) is 3.54. The van der Waals surface area contributed by atoms with Crippen molar-refractivity contribution < 1.29 is 9.90 Å². The maximum atomic E-state index is 11.3. The standard InChI is InChI=1S/C8H9BrN2O2/c9-3-6(13)7-5(12)2-1-4(10)8(7)11/h1-2,12H,3,10-11H2. The molecule has 70 valence electrons. The minimum Gasteiger partial charge on any atom is -0.507 e. The minimum absolute atomic E-state index is 0.0804. The molecule has 0 saturated heterocycles. The van der Waals surface area contributed by atoms with Gasteiger partial charge in [-0.15, -0.1) is 0 Å². The Labute approximate surface area is 83.7 Å². The number of phenols is 1. The zero-order chi connectivity index (χ0) is 10.0. The topological polar surface area (TPSA) is 89.3 Å². The lowest BCUT2D eigenvalue weighted by Crippen LogP contribution is -2.07. The summed E-state index contributed by atoms with van der Waals surface area (Å²) in [5.74, 6) is -0.432. The van der Waals surface area contributed by atoms with Crippen LogP contribution in [0.4, 0.5) is 11.4 Å². The number of phenolic OH excluding ortho intramolecular Hbond substituents is 1. The van der Waals surface area contributed by atoms with Crippen LogP contribution in [0.15, 0.2) is 12.1 Å². The number of benzene rings is 1. The average Bonchev–Trinajstić information content (AvgIpc) is 2.12. The molecule has 0 atom stereocenters. The number of nitrogen functional groups attached to an aromatic ring is 2. The van der Waals surface area contributed by atoms with E-state index in [4.69, 9.17) is 11.5 Å². The van der Waals surface area contributed by atoms with E-state index in [0.717, 1.165) is 0 Å². The molecule has 5 heteroatoms. The van der Waals surface area contributed by atoms with Gasteiger partial charge < -0.3 is 16.6 Å². The van der Waals surface area contributed by atoms with Gasteiger partial charge in [-0.05, 0) is 12.1 Å². The van der Waals surface area contributed by atoms with Crippen LogP contribution < -0.4 is 11.5 Å². The zero-order valence-electron chi connectivity index (χ0n) is 6.75. The Hall–Kier alpha value is -1.23. The molecule has 1 rings (SSSR count). The summed E-state index contributed by atoms with van der Waals surface area (Å²) in [6.45, 7) is 0. The molecule has 0 amide bonds. The van der Waals surface area contributed by atoms with E-state index in [1.54, 1.807) is 0 Å². The molecule has 4 nitrogen and oxygen atoms in total. The number of halogens is 1. The van der Waals surface area contributed by atoms with E-state index in [9.17, 15) is 9.90 Å². The van der Waals surface area contributed by atoms with Crippen LogP contribution in [0.3, 0.4) is 0 Å². The van der Waals surface area contributed by atoms with Crippen molar-refractivity contribution in [3.05, 3.63) is 17.7 Å². The summed E-state index contributed by atoms with van der Waals surface area (Å²) in [5.41, 5.74) is 11.5. The van der Waals surface area contributed by atoms with Crippen molar-refractivity contribution in [2.45, 2.75) is 0 Å². The molecule has 1 aromatic carbocycles. The van der Waals surface area contributed by atoms with Gasteiger partial charge in [0.05, 0.1) is 22.3 Å². The highest BCUT2D eigenvalue weighted by Crippen LogP contribution is 2.29. The van der Waals surface area contributed by atoms with E-state index in [2.05, 4.69) is 15.9 Å². The molecule has 0 aliphatic carbocycles. The Bertz CT molecular complexity index is 352. The van der Waals surface area contributed by atoms with Crippen LogP contribution in [-0.4, -0.2) is 16.2 Å². The fourth-order valence-electron chi connectivity index (χ4n) is 0.984. The normalized spacial score (nSPS) is 9.92. The fourth-order valence-corrected chi connectivity index (χ4v) is 1.26. The van der Waals surface area contributed by atoms with Gasteiger partial charge in [-0.3, -0.25) is 4.79 Å². The number of hydrogen-bond acceptors (Lipinski definition) is 4. The molecule has 0 spiro atoms. The lowest BCUT2D eigenvalue weighted by atomic mass is 10.1. The Kier molecular flexibility index (Phi) is 2.77. The highest BCUT2D eigenvalue weighted by molar-refractivity contribution is 9.09. The molecule has 0 aromatic heterocycles. The number of alkyl halides is 1. The average molecular weight is 245 g/mol. The molecule has 0 fully saturated rings. The summed E-state index contributed by atoms with van der Waals surface area (Å²) >= 11 is 2.99. The second kappa shape index (κ2) is 3.66. The summed E-state index contributed by atoms with van der Waals surface area (Å²) in [6.07, 6.45) is 0. The highest BCUT2D eigenvalue weighted by Gasteiger charge is 2.15. The van der Waals surface area contributed by atoms with E-state index in [1.165, 1.54) is 12.1 Å². The smallest absolute Gasteiger partial charge is 0.179 e. The minimum atomic E-state index is -0.290. The summed E-state index contributed by atoms with van der Waals surface area (Å²) in [6, 6.07) is 2.80. The van der Waals surface area contributed by atoms with Crippen molar-refractivity contribution in [2.24, 2.45) is 0 Å². The Balaban J connectivity index is 3.33. The van der Waals surface area contributed by atoms with E-state index in [1.807, 2.05) is 0 Å². The molecule has 0 aliphatic rings. The third-order valence-electron chi connectivity index (χ3n) is 1.66. The van der Waals surface area contributed by atoms with Crippen LogP contribution in [0.2, 0.25) is 0 Å². The molecule has 0 saturated carbocycles. The van der Waals surface area contributed by atoms with Gasteiger partial charge in [-0.2, -0.15) is 0 Å². The number of aromatic hydroxyl groups is 1. The summed E-state index contributed by atoms with van der Waals surface area (Å²) < 4.78 is 0. The van der Waals surface area contributed by atoms with Crippen molar-refractivity contribution >= 4 is 33.1 Å². The van der Waals surface area contributed by atoms with E-state index < -0.39 is 0 Å². The van der Waals surface area contributed by atoms with Crippen LogP contribution in [0.25, 0.3) is 0 Å². The maximum absolute atomic E-state index is 11.3. The molecule has 0 aliphatic heterocycles. The van der Waals surface area contributed by atoms with Crippen LogP contribution in [-0.2, 0) is 0 Å². The number of nitrogens with two attached hydrogens (primary N) is 2. The monoisotopic (exact) mass is 244 g/mol. The van der Waals surface area contributed by atoms with Crippen molar-refractivity contribution in [2.75, 3.05) is 16.8 Å². The number of rotatable bonds is 2. The second-order valence-corrected chi connectivity index (χ2v) is 3.08. The third-order valence-corrected chi connectivity index (χ3v) is 2.17. The molecule has 0 unspecified atom stereocenters. The van der Waals surface area contributed by atoms with Gasteiger partial charge in [-0.25, -0.2) is 0 Å². The first-order chi connectivity index (χ1) is 6.07. The molecule has 1 aromatic rings. The molecular weight excluding hydrogens is 236 g/mol. The first kappa shape index (κ1) is 9.85. The fraction of sp³-hybridized carbons (Fsp3) is 0.125. The van der Waals surface area contributed by atoms with Crippen molar-refractivity contribution in [1.82, 2.24) is 0 Å². The Morgan fingerprint density at radius 2 is 2.08 bits per heavy atom. The Morgan fingerprint density at radius 3 is 2.62 bits per heavy atom. The lowest BCUT2D eigenvalue weighted by Gasteiger charge is -2.07. The van der Waals surface area contributed by atoms with E-state index >= 15 is 0 Å². The highest BCUT2D eigenvalue weighted by atomic mass is 79.9. The molecule has 0 radical (unpaired) electrons. The lowest BCUT2D eigenvalue weighted by molar-refractivity contribution is 0.102. The van der Waals surface area contributed by atoms with Gasteiger partial charge in [0.2, 0.25) is 0 Å². The summed E-state index contributed by atoms with van der Waals surface area (Å²) in [4.78, 5) is 11.3. The van der Waals surface area contributed by atoms with E-state index in [-0.39, 0.29) is 28.1 Å². The number of hydrogen-bond donors (Lipinski definition) is 3. The summed E-state index contributed by atoms with van der Waals surface area (Å²) in [7, 11) is 0. The molecular formula is C8H9BrN2O2. The van der Waals surface area contributed by atoms with Crippen molar-refractivity contribution in [1.29, 1.82) is 0 Å². The van der Waals surface area contributed by atoms with Crippen LogP contribution in [0, 0.1) is 0 Å². The van der Waals surface area contributed by atoms with Crippen LogP contribution >= 0.6 is 15.9 Å². The maximum Gasteiger partial charge on any atom is 0.179 e. The number of anilines is 2. The predicted octanol–water partition coefficient (Wildman–Crippen LogP) is 1.13. The van der Waals surface area contributed by atoms with Gasteiger partial charge >= 0.3 is 0 Å². The quantitative estimate of drug-likeness (QED) is 0.315. The van der Waals surface area contributed by atoms with Gasteiger partial charge in [0.25, 0.3) is 0 Å². The number of ketones is 1. The number of Topliss-reactive ketones (excluding diaryl/α,β-unsaturated/α-hetero) is 1. The van der Waals surface area contributed by atoms with Crippen LogP contribution in [0.5, 0.6) is 5.75 Å². The largest absolute Gasteiger partial charge is 0.507 e. The third kappa shape index (κ3) is 1.75. The number of carbonyl (C=O) groups excluding carboxylic acids is 1. The number of carbonyl (C=O) groups is 1. The molecule has 13 heavy (non-hydrogen) atoms. The Morgan fingerprint density at radius 1 is 1.46 bits per heavy atom. The molecule has 0 bridgehead atoms.